The van der Waals surface area contributed by atoms with Crippen LogP contribution in [0.1, 0.15) is 32.9 Å². The van der Waals surface area contributed by atoms with Crippen molar-refractivity contribution in [3.05, 3.63) is 87.1 Å². The van der Waals surface area contributed by atoms with Crippen LogP contribution in [-0.4, -0.2) is 31.7 Å². The maximum Gasteiger partial charge on any atom is 0.346 e. The second-order valence-electron chi connectivity index (χ2n) is 7.12. The number of carbonyl (C=O) groups is 1. The number of fused-ring (bicyclic) bond motifs is 1. The molecule has 0 aliphatic carbocycles. The molecular formula is C21H22N4O2. The lowest BCUT2D eigenvalue weighted by molar-refractivity contribution is 0.0681. The molecule has 0 saturated heterocycles. The van der Waals surface area contributed by atoms with Crippen LogP contribution in [0.5, 0.6) is 0 Å². The van der Waals surface area contributed by atoms with E-state index in [0.29, 0.717) is 26.2 Å². The zero-order chi connectivity index (χ0) is 19.0. The summed E-state index contributed by atoms with van der Waals surface area (Å²) in [5, 5.41) is 4.33. The lowest BCUT2D eigenvalue weighted by atomic mass is 10.1. The van der Waals surface area contributed by atoms with Gasteiger partial charge in [0.05, 0.1) is 6.54 Å². The Kier molecular flexibility index (Phi) is 4.39. The highest BCUT2D eigenvalue weighted by Crippen LogP contribution is 2.14. The SMILES string of the molecule is Cc1ccc(Cn2nc3n(c2=O)CCN(Cc2cccc(C)c2)C3=O)cc1. The van der Waals surface area contributed by atoms with Gasteiger partial charge >= 0.3 is 5.69 Å². The van der Waals surface area contributed by atoms with Gasteiger partial charge in [-0.2, -0.15) is 0 Å². The maximum atomic E-state index is 12.9. The average molecular weight is 362 g/mol. The molecule has 0 bridgehead atoms. The van der Waals surface area contributed by atoms with Gasteiger partial charge in [-0.3, -0.25) is 9.36 Å². The van der Waals surface area contributed by atoms with Gasteiger partial charge in [-0.1, -0.05) is 59.7 Å². The predicted molar refractivity (Wildman–Crippen MR) is 103 cm³/mol. The average Bonchev–Trinajstić information content (AvgIpc) is 2.96. The van der Waals surface area contributed by atoms with Gasteiger partial charge in [0.25, 0.3) is 5.91 Å². The summed E-state index contributed by atoms with van der Waals surface area (Å²) in [6, 6.07) is 16.1. The Balaban J connectivity index is 1.57. The van der Waals surface area contributed by atoms with Crippen LogP contribution in [0.25, 0.3) is 0 Å². The van der Waals surface area contributed by atoms with Crippen LogP contribution in [0.4, 0.5) is 0 Å². The summed E-state index contributed by atoms with van der Waals surface area (Å²) in [5.74, 6) is 0.0357. The van der Waals surface area contributed by atoms with E-state index in [9.17, 15) is 9.59 Å². The van der Waals surface area contributed by atoms with Crippen LogP contribution in [0.2, 0.25) is 0 Å². The van der Waals surface area contributed by atoms with Crippen molar-refractivity contribution < 1.29 is 4.79 Å². The first kappa shape index (κ1) is 17.3. The predicted octanol–water partition coefficient (Wildman–Crippen LogP) is 2.37. The molecule has 1 aliphatic heterocycles. The van der Waals surface area contributed by atoms with Crippen molar-refractivity contribution in [3.63, 3.8) is 0 Å². The quantitative estimate of drug-likeness (QED) is 0.716. The summed E-state index contributed by atoms with van der Waals surface area (Å²) in [4.78, 5) is 27.2. The van der Waals surface area contributed by atoms with Gasteiger partial charge in [0.15, 0.2) is 0 Å². The standard InChI is InChI=1S/C21H22N4O2/c1-15-6-8-17(9-7-15)14-25-21(27)24-11-10-23(20(26)19(24)22-25)13-18-5-3-4-16(2)12-18/h3-9,12H,10-11,13-14H2,1-2H3. The molecule has 1 amide bonds. The molecule has 0 saturated carbocycles. The molecule has 27 heavy (non-hydrogen) atoms. The van der Waals surface area contributed by atoms with E-state index in [2.05, 4.69) is 11.2 Å². The molecule has 2 aromatic carbocycles. The van der Waals surface area contributed by atoms with Gasteiger partial charge in [-0.25, -0.2) is 9.48 Å². The molecule has 0 N–H and O–H groups in total. The molecular weight excluding hydrogens is 340 g/mol. The van der Waals surface area contributed by atoms with E-state index >= 15 is 0 Å². The molecule has 6 nitrogen and oxygen atoms in total. The van der Waals surface area contributed by atoms with E-state index in [0.717, 1.165) is 22.3 Å². The number of aryl methyl sites for hydroxylation is 2. The third-order valence-electron chi connectivity index (χ3n) is 4.90. The molecule has 0 radical (unpaired) electrons. The number of hydrogen-bond acceptors (Lipinski definition) is 3. The summed E-state index contributed by atoms with van der Waals surface area (Å²) in [6.07, 6.45) is 0. The third kappa shape index (κ3) is 3.43. The molecule has 3 aromatic rings. The Morgan fingerprint density at radius 2 is 1.67 bits per heavy atom. The van der Waals surface area contributed by atoms with Gasteiger partial charge in [-0.15, -0.1) is 5.10 Å². The smallest absolute Gasteiger partial charge is 0.330 e. The fourth-order valence-electron chi connectivity index (χ4n) is 3.42. The van der Waals surface area contributed by atoms with Crippen LogP contribution in [0.3, 0.4) is 0 Å². The monoisotopic (exact) mass is 362 g/mol. The van der Waals surface area contributed by atoms with Gasteiger partial charge < -0.3 is 4.90 Å². The third-order valence-corrected chi connectivity index (χ3v) is 4.90. The summed E-state index contributed by atoms with van der Waals surface area (Å²) in [7, 11) is 0. The summed E-state index contributed by atoms with van der Waals surface area (Å²) < 4.78 is 2.87. The first-order chi connectivity index (χ1) is 13.0. The van der Waals surface area contributed by atoms with Crippen LogP contribution < -0.4 is 5.69 Å². The van der Waals surface area contributed by atoms with Crippen molar-refractivity contribution in [2.45, 2.75) is 33.5 Å². The zero-order valence-corrected chi connectivity index (χ0v) is 15.6. The molecule has 0 spiro atoms. The summed E-state index contributed by atoms with van der Waals surface area (Å²) in [6.45, 7) is 5.93. The summed E-state index contributed by atoms with van der Waals surface area (Å²) >= 11 is 0. The largest absolute Gasteiger partial charge is 0.346 e. The second kappa shape index (κ2) is 6.87. The Bertz CT molecular complexity index is 1050. The number of nitrogens with zero attached hydrogens (tertiary/aromatic N) is 4. The van der Waals surface area contributed by atoms with Gasteiger partial charge in [0.1, 0.15) is 0 Å². The van der Waals surface area contributed by atoms with Crippen molar-refractivity contribution in [3.8, 4) is 0 Å². The highest BCUT2D eigenvalue weighted by molar-refractivity contribution is 5.91. The molecule has 0 atom stereocenters. The van der Waals surface area contributed by atoms with Crippen molar-refractivity contribution in [1.29, 1.82) is 0 Å². The minimum atomic E-state index is -0.228. The van der Waals surface area contributed by atoms with E-state index < -0.39 is 0 Å². The number of carbonyl (C=O) groups excluding carboxylic acids is 1. The van der Waals surface area contributed by atoms with Crippen molar-refractivity contribution in [1.82, 2.24) is 19.2 Å². The van der Waals surface area contributed by atoms with E-state index in [-0.39, 0.29) is 17.4 Å². The van der Waals surface area contributed by atoms with Gasteiger partial charge in [-0.05, 0) is 25.0 Å². The number of amides is 1. The van der Waals surface area contributed by atoms with Crippen molar-refractivity contribution >= 4 is 5.91 Å². The first-order valence-electron chi connectivity index (χ1n) is 9.09. The highest BCUT2D eigenvalue weighted by Gasteiger charge is 2.29. The van der Waals surface area contributed by atoms with E-state index in [4.69, 9.17) is 0 Å². The van der Waals surface area contributed by atoms with Crippen LogP contribution >= 0.6 is 0 Å². The Morgan fingerprint density at radius 3 is 2.41 bits per heavy atom. The number of aromatic nitrogens is 3. The van der Waals surface area contributed by atoms with E-state index in [1.807, 2.05) is 56.3 Å². The van der Waals surface area contributed by atoms with Crippen LogP contribution in [-0.2, 0) is 19.6 Å². The second-order valence-corrected chi connectivity index (χ2v) is 7.12. The maximum absolute atomic E-state index is 12.9. The molecule has 1 aromatic heterocycles. The van der Waals surface area contributed by atoms with Crippen LogP contribution in [0.15, 0.2) is 53.3 Å². The minimum Gasteiger partial charge on any atom is -0.330 e. The molecule has 2 heterocycles. The Morgan fingerprint density at radius 1 is 0.889 bits per heavy atom. The molecule has 4 rings (SSSR count). The van der Waals surface area contributed by atoms with E-state index in [1.54, 1.807) is 4.90 Å². The summed E-state index contributed by atoms with van der Waals surface area (Å²) in [5.41, 5.74) is 4.17. The number of benzene rings is 2. The topological polar surface area (TPSA) is 60.1 Å². The lowest BCUT2D eigenvalue weighted by Gasteiger charge is -2.26. The van der Waals surface area contributed by atoms with Crippen LogP contribution in [0, 0.1) is 13.8 Å². The van der Waals surface area contributed by atoms with Crippen molar-refractivity contribution in [2.24, 2.45) is 0 Å². The number of rotatable bonds is 4. The number of hydrogen-bond donors (Lipinski definition) is 0. The molecule has 6 heteroatoms. The fraction of sp³-hybridized carbons (Fsp3) is 0.286. The van der Waals surface area contributed by atoms with Crippen molar-refractivity contribution in [2.75, 3.05) is 6.54 Å². The molecule has 0 fully saturated rings. The molecule has 1 aliphatic rings. The normalized spacial score (nSPS) is 13.7. The van der Waals surface area contributed by atoms with E-state index in [1.165, 1.54) is 9.25 Å². The van der Waals surface area contributed by atoms with Gasteiger partial charge in [0, 0.05) is 19.6 Å². The molecule has 0 unspecified atom stereocenters. The Labute approximate surface area is 157 Å². The zero-order valence-electron chi connectivity index (χ0n) is 15.6. The molecule has 138 valence electrons. The lowest BCUT2D eigenvalue weighted by Crippen LogP contribution is -2.42. The Hall–Kier alpha value is -3.15. The van der Waals surface area contributed by atoms with Gasteiger partial charge in [0.2, 0.25) is 5.82 Å². The fourth-order valence-corrected chi connectivity index (χ4v) is 3.42. The minimum absolute atomic E-state index is 0.192. The first-order valence-corrected chi connectivity index (χ1v) is 9.09. The highest BCUT2D eigenvalue weighted by atomic mass is 16.2.